The highest BCUT2D eigenvalue weighted by Gasteiger charge is 2.21. The van der Waals surface area contributed by atoms with Gasteiger partial charge in [0.1, 0.15) is 6.61 Å². The van der Waals surface area contributed by atoms with Crippen molar-refractivity contribution in [2.45, 2.75) is 77.7 Å². The van der Waals surface area contributed by atoms with Gasteiger partial charge in [-0.2, -0.15) is 0 Å². The molecule has 0 bridgehead atoms. The molecule has 0 unspecified atom stereocenters. The van der Waals surface area contributed by atoms with Gasteiger partial charge in [0.05, 0.1) is 0 Å². The normalized spacial score (nSPS) is 19.8. The molecule has 0 aromatic heterocycles. The minimum atomic E-state index is -0.257. The highest BCUT2D eigenvalue weighted by atomic mass is 19.1. The van der Waals surface area contributed by atoms with Crippen molar-refractivity contribution in [3.05, 3.63) is 65.0 Å². The van der Waals surface area contributed by atoms with Crippen molar-refractivity contribution >= 4 is 0 Å². The van der Waals surface area contributed by atoms with Gasteiger partial charge in [-0.05, 0) is 79.2 Å². The first-order valence-electron chi connectivity index (χ1n) is 10.7. The summed E-state index contributed by atoms with van der Waals surface area (Å²) in [6.45, 7) is 4.87. The van der Waals surface area contributed by atoms with Crippen LogP contribution in [0, 0.1) is 11.7 Å². The highest BCUT2D eigenvalue weighted by molar-refractivity contribution is 5.30. The Morgan fingerprint density at radius 3 is 2.26 bits per heavy atom. The number of hydrogen-bond acceptors (Lipinski definition) is 1. The molecule has 2 aromatic rings. The van der Waals surface area contributed by atoms with Crippen LogP contribution in [0.3, 0.4) is 0 Å². The molecule has 2 aromatic carbocycles. The van der Waals surface area contributed by atoms with Gasteiger partial charge in [0.25, 0.3) is 0 Å². The van der Waals surface area contributed by atoms with Gasteiger partial charge in [0.2, 0.25) is 0 Å². The van der Waals surface area contributed by atoms with Gasteiger partial charge in [-0.25, -0.2) is 4.39 Å². The fourth-order valence-electron chi connectivity index (χ4n) is 4.15. The van der Waals surface area contributed by atoms with Crippen LogP contribution in [0.5, 0.6) is 5.75 Å². The lowest BCUT2D eigenvalue weighted by molar-refractivity contribution is 0.290. The Morgan fingerprint density at radius 2 is 1.63 bits per heavy atom. The molecule has 2 heteroatoms. The van der Waals surface area contributed by atoms with Crippen LogP contribution in [0.4, 0.5) is 4.39 Å². The second kappa shape index (κ2) is 9.92. The van der Waals surface area contributed by atoms with Crippen molar-refractivity contribution in [3.63, 3.8) is 0 Å². The molecule has 1 fully saturated rings. The van der Waals surface area contributed by atoms with E-state index in [1.807, 2.05) is 6.07 Å². The molecule has 3 rings (SSSR count). The van der Waals surface area contributed by atoms with E-state index in [-0.39, 0.29) is 5.82 Å². The van der Waals surface area contributed by atoms with E-state index in [0.29, 0.717) is 18.3 Å². The van der Waals surface area contributed by atoms with Crippen LogP contribution < -0.4 is 4.74 Å². The van der Waals surface area contributed by atoms with Crippen LogP contribution in [-0.4, -0.2) is 0 Å². The first-order chi connectivity index (χ1) is 13.2. The average molecular weight is 369 g/mol. The topological polar surface area (TPSA) is 9.23 Å². The third kappa shape index (κ3) is 5.57. The summed E-state index contributed by atoms with van der Waals surface area (Å²) in [7, 11) is 0. The molecule has 0 atom stereocenters. The number of benzene rings is 2. The van der Waals surface area contributed by atoms with Crippen molar-refractivity contribution in [2.75, 3.05) is 0 Å². The molecule has 27 heavy (non-hydrogen) atoms. The van der Waals surface area contributed by atoms with Crippen molar-refractivity contribution in [1.29, 1.82) is 0 Å². The van der Waals surface area contributed by atoms with E-state index in [9.17, 15) is 4.39 Å². The minimum Gasteiger partial charge on any atom is -0.486 e. The van der Waals surface area contributed by atoms with E-state index in [1.165, 1.54) is 37.7 Å². The quantitative estimate of drug-likeness (QED) is 0.471. The molecule has 0 spiro atoms. The summed E-state index contributed by atoms with van der Waals surface area (Å²) in [5.41, 5.74) is 3.58. The third-order valence-electron chi connectivity index (χ3n) is 6.08. The molecule has 0 N–H and O–H groups in total. The lowest BCUT2D eigenvalue weighted by Crippen LogP contribution is -2.12. The van der Waals surface area contributed by atoms with Crippen LogP contribution in [0.2, 0.25) is 0 Å². The first-order valence-corrected chi connectivity index (χ1v) is 10.7. The van der Waals surface area contributed by atoms with Crippen molar-refractivity contribution in [2.24, 2.45) is 5.92 Å². The van der Waals surface area contributed by atoms with Crippen molar-refractivity contribution < 1.29 is 9.13 Å². The number of aryl methyl sites for hydroxylation is 1. The summed E-state index contributed by atoms with van der Waals surface area (Å²) in [5, 5.41) is 0. The van der Waals surface area contributed by atoms with Crippen LogP contribution in [-0.2, 0) is 13.0 Å². The molecule has 0 amide bonds. The van der Waals surface area contributed by atoms with Gasteiger partial charge in [0.15, 0.2) is 11.6 Å². The maximum Gasteiger partial charge on any atom is 0.165 e. The maximum absolute atomic E-state index is 14.2. The summed E-state index contributed by atoms with van der Waals surface area (Å²) in [4.78, 5) is 0. The van der Waals surface area contributed by atoms with Gasteiger partial charge in [-0.15, -0.1) is 0 Å². The Hall–Kier alpha value is -1.83. The Balaban J connectivity index is 1.53. The maximum atomic E-state index is 14.2. The fourth-order valence-corrected chi connectivity index (χ4v) is 4.15. The molecule has 0 aliphatic heterocycles. The van der Waals surface area contributed by atoms with Crippen LogP contribution in [0.25, 0.3) is 0 Å². The number of hydrogen-bond donors (Lipinski definition) is 0. The molecule has 1 aliphatic carbocycles. The van der Waals surface area contributed by atoms with Gasteiger partial charge >= 0.3 is 0 Å². The predicted molar refractivity (Wildman–Crippen MR) is 111 cm³/mol. The lowest BCUT2D eigenvalue weighted by atomic mass is 9.78. The Morgan fingerprint density at radius 1 is 0.926 bits per heavy atom. The van der Waals surface area contributed by atoms with E-state index in [4.69, 9.17) is 4.74 Å². The molecule has 0 saturated heterocycles. The van der Waals surface area contributed by atoms with Crippen molar-refractivity contribution in [3.8, 4) is 5.75 Å². The largest absolute Gasteiger partial charge is 0.486 e. The second-order valence-corrected chi connectivity index (χ2v) is 8.02. The number of rotatable bonds is 8. The molecular formula is C25H33FO. The zero-order valence-electron chi connectivity index (χ0n) is 16.8. The SMILES string of the molecule is CCCCc1ccc(OCc2ccc([C@H]3CC[C@H](CC)CC3)cc2)c(F)c1. The minimum absolute atomic E-state index is 0.257. The van der Waals surface area contributed by atoms with Gasteiger partial charge < -0.3 is 4.74 Å². The monoisotopic (exact) mass is 368 g/mol. The van der Waals surface area contributed by atoms with Gasteiger partial charge in [0, 0.05) is 0 Å². The zero-order chi connectivity index (χ0) is 19.1. The molecular weight excluding hydrogens is 335 g/mol. The van der Waals surface area contributed by atoms with Gasteiger partial charge in [-0.1, -0.05) is 57.0 Å². The summed E-state index contributed by atoms with van der Waals surface area (Å²) in [5.74, 6) is 1.72. The standard InChI is InChI=1S/C25H33FO/c1-3-5-6-20-11-16-25(24(26)17-20)27-18-21-9-14-23(15-10-21)22-12-7-19(4-2)8-13-22/h9-11,14-17,19,22H,3-8,12-13,18H2,1-2H3/t19-,22-. The average Bonchev–Trinajstić information content (AvgIpc) is 2.72. The molecule has 1 nitrogen and oxygen atoms in total. The zero-order valence-corrected chi connectivity index (χ0v) is 16.8. The van der Waals surface area contributed by atoms with E-state index in [2.05, 4.69) is 38.1 Å². The Bertz CT molecular complexity index is 699. The van der Waals surface area contributed by atoms with Gasteiger partial charge in [-0.3, -0.25) is 0 Å². The summed E-state index contributed by atoms with van der Waals surface area (Å²) < 4.78 is 19.9. The molecule has 1 aliphatic rings. The van der Waals surface area contributed by atoms with Crippen LogP contribution in [0.15, 0.2) is 42.5 Å². The smallest absolute Gasteiger partial charge is 0.165 e. The molecule has 0 heterocycles. The number of ether oxygens (including phenoxy) is 1. The predicted octanol–water partition coefficient (Wildman–Crippen LogP) is 7.43. The van der Waals surface area contributed by atoms with Crippen molar-refractivity contribution in [1.82, 2.24) is 0 Å². The highest BCUT2D eigenvalue weighted by Crippen LogP contribution is 2.37. The fraction of sp³-hybridized carbons (Fsp3) is 0.520. The number of halogens is 1. The molecule has 0 radical (unpaired) electrons. The second-order valence-electron chi connectivity index (χ2n) is 8.02. The van der Waals surface area contributed by atoms with E-state index in [0.717, 1.165) is 36.3 Å². The van der Waals surface area contributed by atoms with E-state index >= 15 is 0 Å². The number of unbranched alkanes of at least 4 members (excludes halogenated alkanes) is 1. The Labute approximate surface area is 164 Å². The van der Waals surface area contributed by atoms with Crippen LogP contribution >= 0.6 is 0 Å². The first kappa shape index (κ1) is 19.9. The lowest BCUT2D eigenvalue weighted by Gasteiger charge is -2.28. The molecule has 1 saturated carbocycles. The summed E-state index contributed by atoms with van der Waals surface area (Å²) >= 11 is 0. The summed E-state index contributed by atoms with van der Waals surface area (Å²) in [6, 6.07) is 14.1. The van der Waals surface area contributed by atoms with Crippen LogP contribution in [0.1, 0.15) is 81.4 Å². The van der Waals surface area contributed by atoms with E-state index in [1.54, 1.807) is 12.1 Å². The van der Waals surface area contributed by atoms with E-state index < -0.39 is 0 Å². The molecule has 146 valence electrons. The Kier molecular flexibility index (Phi) is 7.32. The third-order valence-corrected chi connectivity index (χ3v) is 6.08. The summed E-state index contributed by atoms with van der Waals surface area (Å²) in [6.07, 6.45) is 9.80.